The van der Waals surface area contributed by atoms with Crippen LogP contribution < -0.4 is 10.1 Å². The number of benzene rings is 2. The van der Waals surface area contributed by atoms with Crippen LogP contribution in [0.1, 0.15) is 65.6 Å². The van der Waals surface area contributed by atoms with Gasteiger partial charge in [0.25, 0.3) is 5.91 Å². The minimum Gasteiger partial charge on any atom is -0.493 e. The summed E-state index contributed by atoms with van der Waals surface area (Å²) in [6.07, 6.45) is 9.52. The summed E-state index contributed by atoms with van der Waals surface area (Å²) in [7, 11) is 1.95. The van der Waals surface area contributed by atoms with E-state index in [0.29, 0.717) is 6.10 Å². The second-order valence-corrected chi connectivity index (χ2v) is 10.3. The van der Waals surface area contributed by atoms with Gasteiger partial charge in [-0.2, -0.15) is 0 Å². The number of nitrogens with one attached hydrogen (secondary N) is 1. The number of aryl methyl sites for hydroxylation is 1. The summed E-state index contributed by atoms with van der Waals surface area (Å²) in [5, 5.41) is 3.57. The lowest BCUT2D eigenvalue weighted by atomic mass is 9.86. The summed E-state index contributed by atoms with van der Waals surface area (Å²) in [5.41, 5.74) is 4.87. The van der Waals surface area contributed by atoms with E-state index < -0.39 is 0 Å². The van der Waals surface area contributed by atoms with Crippen LogP contribution in [0.3, 0.4) is 0 Å². The average Bonchev–Trinajstić information content (AvgIpc) is 3.72. The molecular weight excluding hydrogens is 424 g/mol. The number of nitrogens with zero attached hydrogens (tertiary/aromatic N) is 1. The number of hydrogen-bond donors (Lipinski definition) is 1. The highest BCUT2D eigenvalue weighted by Crippen LogP contribution is 2.30. The van der Waals surface area contributed by atoms with Gasteiger partial charge in [0, 0.05) is 38.3 Å². The van der Waals surface area contributed by atoms with Crippen molar-refractivity contribution in [1.29, 1.82) is 0 Å². The van der Waals surface area contributed by atoms with Crippen molar-refractivity contribution in [3.8, 4) is 5.75 Å². The Morgan fingerprint density at radius 2 is 1.91 bits per heavy atom. The van der Waals surface area contributed by atoms with E-state index in [2.05, 4.69) is 23.5 Å². The van der Waals surface area contributed by atoms with E-state index in [4.69, 9.17) is 9.47 Å². The van der Waals surface area contributed by atoms with Gasteiger partial charge in [-0.25, -0.2) is 0 Å². The summed E-state index contributed by atoms with van der Waals surface area (Å²) in [4.78, 5) is 15.0. The minimum atomic E-state index is 0.0907. The number of amides is 1. The van der Waals surface area contributed by atoms with Crippen molar-refractivity contribution in [2.24, 2.45) is 5.92 Å². The molecule has 1 heterocycles. The summed E-state index contributed by atoms with van der Waals surface area (Å²) < 4.78 is 11.6. The highest BCUT2D eigenvalue weighted by molar-refractivity contribution is 5.94. The average molecular weight is 463 g/mol. The van der Waals surface area contributed by atoms with Crippen LogP contribution in [0.15, 0.2) is 42.5 Å². The van der Waals surface area contributed by atoms with Gasteiger partial charge in [-0.3, -0.25) is 4.79 Å². The molecule has 1 unspecified atom stereocenters. The van der Waals surface area contributed by atoms with E-state index in [9.17, 15) is 4.79 Å². The number of hydrogen-bond acceptors (Lipinski definition) is 4. The van der Waals surface area contributed by atoms with Crippen molar-refractivity contribution in [2.75, 3.05) is 26.8 Å². The lowest BCUT2D eigenvalue weighted by Gasteiger charge is -2.33. The SMILES string of the molecule is CN(C(=O)c1ccc(OCC2CC2)cc1)[C@H]1CCc2cc(CNCC3CCCCO3)ccc2C1. The van der Waals surface area contributed by atoms with Gasteiger partial charge in [0.2, 0.25) is 0 Å². The molecule has 2 aromatic carbocycles. The summed E-state index contributed by atoms with van der Waals surface area (Å²) in [5.74, 6) is 1.67. The van der Waals surface area contributed by atoms with Gasteiger partial charge in [-0.15, -0.1) is 0 Å². The fourth-order valence-corrected chi connectivity index (χ4v) is 5.14. The standard InChI is InChI=1S/C29H38N2O3/c1-31(29(32)23-10-13-27(14-11-23)34-20-21-5-6-21)26-12-9-24-16-22(7-8-25(24)17-26)18-30-19-28-4-2-3-15-33-28/h7-8,10-11,13-14,16,21,26,28,30H,2-6,9,12,15,17-20H2,1H3/t26-,28?/m0/s1. The number of ether oxygens (including phenoxy) is 2. The monoisotopic (exact) mass is 462 g/mol. The van der Waals surface area contributed by atoms with Crippen LogP contribution in [-0.4, -0.2) is 49.8 Å². The van der Waals surface area contributed by atoms with Crippen LogP contribution in [0.5, 0.6) is 5.75 Å². The molecular formula is C29H38N2O3. The maximum absolute atomic E-state index is 13.1. The smallest absolute Gasteiger partial charge is 0.253 e. The highest BCUT2D eigenvalue weighted by atomic mass is 16.5. The Kier molecular flexibility index (Phi) is 7.51. The van der Waals surface area contributed by atoms with Gasteiger partial charge in [-0.1, -0.05) is 18.2 Å². The third-order valence-electron chi connectivity index (χ3n) is 7.60. The summed E-state index contributed by atoms with van der Waals surface area (Å²) >= 11 is 0. The third-order valence-corrected chi connectivity index (χ3v) is 7.60. The van der Waals surface area contributed by atoms with Gasteiger partial charge in [0.05, 0.1) is 12.7 Å². The number of likely N-dealkylation sites (N-methyl/N-ethyl adjacent to an activating group) is 1. The molecule has 0 spiro atoms. The molecule has 2 aliphatic carbocycles. The predicted molar refractivity (Wildman–Crippen MR) is 134 cm³/mol. The molecule has 3 aliphatic rings. The third kappa shape index (κ3) is 6.00. The molecule has 5 heteroatoms. The highest BCUT2D eigenvalue weighted by Gasteiger charge is 2.26. The molecule has 1 amide bonds. The van der Waals surface area contributed by atoms with Crippen LogP contribution in [0.2, 0.25) is 0 Å². The van der Waals surface area contributed by atoms with E-state index in [0.717, 1.165) is 62.8 Å². The number of fused-ring (bicyclic) bond motifs is 1. The lowest BCUT2D eigenvalue weighted by molar-refractivity contribution is 0.0168. The normalized spacial score (nSPS) is 22.1. The molecule has 2 aromatic rings. The van der Waals surface area contributed by atoms with Crippen molar-refractivity contribution in [1.82, 2.24) is 10.2 Å². The topological polar surface area (TPSA) is 50.8 Å². The first-order chi connectivity index (χ1) is 16.7. The van der Waals surface area contributed by atoms with E-state index in [-0.39, 0.29) is 11.9 Å². The Balaban J connectivity index is 1.12. The van der Waals surface area contributed by atoms with Gasteiger partial charge in [-0.05, 0) is 98.2 Å². The van der Waals surface area contributed by atoms with Crippen LogP contribution in [-0.2, 0) is 24.1 Å². The molecule has 2 fully saturated rings. The maximum Gasteiger partial charge on any atom is 0.253 e. The number of rotatable bonds is 9. The van der Waals surface area contributed by atoms with Crippen molar-refractivity contribution >= 4 is 5.91 Å². The van der Waals surface area contributed by atoms with Gasteiger partial charge in [0.15, 0.2) is 0 Å². The molecule has 0 aromatic heterocycles. The van der Waals surface area contributed by atoms with E-state index in [1.807, 2.05) is 36.2 Å². The van der Waals surface area contributed by atoms with E-state index >= 15 is 0 Å². The Hall–Kier alpha value is -2.37. The molecule has 1 aliphatic heterocycles. The molecule has 1 saturated heterocycles. The molecule has 0 radical (unpaired) electrons. The predicted octanol–water partition coefficient (Wildman–Crippen LogP) is 4.76. The van der Waals surface area contributed by atoms with Crippen molar-refractivity contribution in [2.45, 2.75) is 70.1 Å². The molecule has 34 heavy (non-hydrogen) atoms. The van der Waals surface area contributed by atoms with Crippen molar-refractivity contribution in [3.63, 3.8) is 0 Å². The van der Waals surface area contributed by atoms with Crippen LogP contribution in [0, 0.1) is 5.92 Å². The first-order valence-corrected chi connectivity index (χ1v) is 13.1. The quantitative estimate of drug-likeness (QED) is 0.584. The Morgan fingerprint density at radius 3 is 2.68 bits per heavy atom. The van der Waals surface area contributed by atoms with Gasteiger partial charge in [0.1, 0.15) is 5.75 Å². The fraction of sp³-hybridized carbons (Fsp3) is 0.552. The Bertz CT molecular complexity index is 964. The van der Waals surface area contributed by atoms with Crippen LogP contribution in [0.4, 0.5) is 0 Å². The molecule has 5 nitrogen and oxygen atoms in total. The zero-order valence-electron chi connectivity index (χ0n) is 20.4. The van der Waals surface area contributed by atoms with Crippen molar-refractivity contribution < 1.29 is 14.3 Å². The number of carbonyl (C=O) groups excluding carboxylic acids is 1. The van der Waals surface area contributed by atoms with E-state index in [1.165, 1.54) is 48.8 Å². The maximum atomic E-state index is 13.1. The number of carbonyl (C=O) groups is 1. The van der Waals surface area contributed by atoms with E-state index in [1.54, 1.807) is 0 Å². The first kappa shape index (κ1) is 23.4. The fourth-order valence-electron chi connectivity index (χ4n) is 5.14. The zero-order chi connectivity index (χ0) is 23.3. The van der Waals surface area contributed by atoms with Crippen LogP contribution >= 0.6 is 0 Å². The second-order valence-electron chi connectivity index (χ2n) is 10.3. The molecule has 182 valence electrons. The largest absolute Gasteiger partial charge is 0.493 e. The minimum absolute atomic E-state index is 0.0907. The molecule has 1 saturated carbocycles. The summed E-state index contributed by atoms with van der Waals surface area (Å²) in [6, 6.07) is 14.7. The lowest BCUT2D eigenvalue weighted by Crippen LogP contribution is -2.40. The first-order valence-electron chi connectivity index (χ1n) is 13.1. The van der Waals surface area contributed by atoms with Gasteiger partial charge < -0.3 is 19.7 Å². The van der Waals surface area contributed by atoms with Gasteiger partial charge >= 0.3 is 0 Å². The van der Waals surface area contributed by atoms with Crippen LogP contribution in [0.25, 0.3) is 0 Å². The molecule has 2 atom stereocenters. The van der Waals surface area contributed by atoms with Crippen molar-refractivity contribution in [3.05, 3.63) is 64.7 Å². The Labute approximate surface area is 203 Å². The Morgan fingerprint density at radius 1 is 1.06 bits per heavy atom. The molecule has 0 bridgehead atoms. The summed E-state index contributed by atoms with van der Waals surface area (Å²) in [6.45, 7) is 3.51. The zero-order valence-corrected chi connectivity index (χ0v) is 20.4. The molecule has 1 N–H and O–H groups in total. The second kappa shape index (κ2) is 10.9. The molecule has 5 rings (SSSR count).